The van der Waals surface area contributed by atoms with E-state index in [-0.39, 0.29) is 34.0 Å². The Morgan fingerprint density at radius 2 is 1.81 bits per heavy atom. The average Bonchev–Trinajstić information content (AvgIpc) is 2.55. The van der Waals surface area contributed by atoms with Gasteiger partial charge in [-0.15, -0.1) is 0 Å². The van der Waals surface area contributed by atoms with Gasteiger partial charge >= 0.3 is 0 Å². The van der Waals surface area contributed by atoms with E-state index in [1.54, 1.807) is 12.1 Å². The van der Waals surface area contributed by atoms with E-state index in [9.17, 15) is 20.1 Å². The lowest BCUT2D eigenvalue weighted by atomic mass is 10.1. The monoisotopic (exact) mass is 356 g/mol. The summed E-state index contributed by atoms with van der Waals surface area (Å²) < 4.78 is 11.3. The van der Waals surface area contributed by atoms with Gasteiger partial charge in [0.2, 0.25) is 0 Å². The Balaban J connectivity index is 2.02. The Morgan fingerprint density at radius 1 is 1.04 bits per heavy atom. The minimum absolute atomic E-state index is 0.00117. The van der Waals surface area contributed by atoms with Crippen LogP contribution in [0.25, 0.3) is 22.3 Å². The van der Waals surface area contributed by atoms with Gasteiger partial charge in [0.15, 0.2) is 16.9 Å². The zero-order chi connectivity index (χ0) is 18.8. The summed E-state index contributed by atoms with van der Waals surface area (Å²) in [6.45, 7) is 4.61. The fourth-order valence-corrected chi connectivity index (χ4v) is 2.58. The molecule has 0 aliphatic heterocycles. The predicted octanol–water partition coefficient (Wildman–Crippen LogP) is 4.00. The molecule has 0 saturated carbocycles. The van der Waals surface area contributed by atoms with E-state index in [4.69, 9.17) is 9.15 Å². The maximum atomic E-state index is 12.3. The molecule has 0 aliphatic carbocycles. The van der Waals surface area contributed by atoms with Gasteiger partial charge in [-0.3, -0.25) is 4.79 Å². The summed E-state index contributed by atoms with van der Waals surface area (Å²) in [4.78, 5) is 12.3. The molecule has 0 aliphatic rings. The molecule has 0 saturated heterocycles. The highest BCUT2D eigenvalue weighted by molar-refractivity contribution is 5.86. The molecule has 0 radical (unpaired) electrons. The highest BCUT2D eigenvalue weighted by atomic mass is 16.5. The normalized spacial score (nSPS) is 11.2. The number of benzene rings is 2. The summed E-state index contributed by atoms with van der Waals surface area (Å²) in [7, 11) is 0. The van der Waals surface area contributed by atoms with Gasteiger partial charge in [0.05, 0.1) is 6.61 Å². The SMILES string of the molecule is CC(C)CCOc1cc(-c2cc(=O)c3c(O)cc(O)cc3o2)ccc1O. The fraction of sp³-hybridized carbons (Fsp3) is 0.250. The average molecular weight is 356 g/mol. The molecule has 0 atom stereocenters. The third-order valence-corrected chi connectivity index (χ3v) is 3.99. The second-order valence-corrected chi connectivity index (χ2v) is 6.53. The van der Waals surface area contributed by atoms with Crippen LogP contribution in [-0.2, 0) is 0 Å². The maximum Gasteiger partial charge on any atom is 0.197 e. The standard InChI is InChI=1S/C20H20O6/c1-11(2)5-6-25-18-7-12(3-4-14(18)22)17-10-16(24)20-15(23)8-13(21)9-19(20)26-17/h3-4,7-11,21-23H,5-6H2,1-2H3. The summed E-state index contributed by atoms with van der Waals surface area (Å²) in [5, 5.41) is 29.4. The van der Waals surface area contributed by atoms with Gasteiger partial charge in [0.1, 0.15) is 28.2 Å². The molecule has 1 heterocycles. The van der Waals surface area contributed by atoms with Crippen LogP contribution in [-0.4, -0.2) is 21.9 Å². The van der Waals surface area contributed by atoms with E-state index in [0.717, 1.165) is 12.5 Å². The molecule has 0 amide bonds. The summed E-state index contributed by atoms with van der Waals surface area (Å²) in [6, 6.07) is 8.24. The van der Waals surface area contributed by atoms with Gasteiger partial charge in [0.25, 0.3) is 0 Å². The topological polar surface area (TPSA) is 100 Å². The van der Waals surface area contributed by atoms with Crippen molar-refractivity contribution in [3.63, 3.8) is 0 Å². The first-order valence-electron chi connectivity index (χ1n) is 8.31. The summed E-state index contributed by atoms with van der Waals surface area (Å²) in [5.74, 6) is 0.448. The van der Waals surface area contributed by atoms with Crippen molar-refractivity contribution in [3.8, 4) is 34.3 Å². The number of aromatic hydroxyl groups is 3. The van der Waals surface area contributed by atoms with Crippen LogP contribution in [0.2, 0.25) is 0 Å². The minimum Gasteiger partial charge on any atom is -0.508 e. The molecule has 136 valence electrons. The Bertz CT molecular complexity index is 1000. The maximum absolute atomic E-state index is 12.3. The van der Waals surface area contributed by atoms with Crippen LogP contribution in [0, 0.1) is 5.92 Å². The lowest BCUT2D eigenvalue weighted by Crippen LogP contribution is -2.02. The van der Waals surface area contributed by atoms with Gasteiger partial charge in [-0.1, -0.05) is 13.8 Å². The van der Waals surface area contributed by atoms with E-state index >= 15 is 0 Å². The minimum atomic E-state index is -0.436. The van der Waals surface area contributed by atoms with Gasteiger partial charge in [0, 0.05) is 23.8 Å². The fourth-order valence-electron chi connectivity index (χ4n) is 2.58. The molecule has 3 aromatic rings. The summed E-state index contributed by atoms with van der Waals surface area (Å²) in [6.07, 6.45) is 0.841. The molecule has 3 rings (SSSR count). The quantitative estimate of drug-likeness (QED) is 0.639. The van der Waals surface area contributed by atoms with Crippen LogP contribution in [0.4, 0.5) is 0 Å². The van der Waals surface area contributed by atoms with Crippen molar-refractivity contribution in [2.45, 2.75) is 20.3 Å². The molecule has 0 unspecified atom stereocenters. The Morgan fingerprint density at radius 3 is 2.54 bits per heavy atom. The predicted molar refractivity (Wildman–Crippen MR) is 97.9 cm³/mol. The zero-order valence-corrected chi connectivity index (χ0v) is 14.5. The zero-order valence-electron chi connectivity index (χ0n) is 14.5. The van der Waals surface area contributed by atoms with Crippen LogP contribution < -0.4 is 10.2 Å². The number of phenols is 3. The third kappa shape index (κ3) is 3.59. The molecule has 0 fully saturated rings. The molecular formula is C20H20O6. The van der Waals surface area contributed by atoms with Gasteiger partial charge in [-0.05, 0) is 30.5 Å². The van der Waals surface area contributed by atoms with Crippen molar-refractivity contribution in [1.82, 2.24) is 0 Å². The van der Waals surface area contributed by atoms with E-state index in [2.05, 4.69) is 13.8 Å². The highest BCUT2D eigenvalue weighted by Gasteiger charge is 2.14. The highest BCUT2D eigenvalue weighted by Crippen LogP contribution is 2.34. The van der Waals surface area contributed by atoms with Crippen LogP contribution in [0.1, 0.15) is 20.3 Å². The van der Waals surface area contributed by atoms with Crippen molar-refractivity contribution >= 4 is 11.0 Å². The van der Waals surface area contributed by atoms with Crippen molar-refractivity contribution < 1.29 is 24.5 Å². The van der Waals surface area contributed by atoms with E-state index in [0.29, 0.717) is 23.8 Å². The first kappa shape index (κ1) is 17.7. The Kier molecular flexibility index (Phi) is 4.75. The largest absolute Gasteiger partial charge is 0.508 e. The first-order valence-corrected chi connectivity index (χ1v) is 8.31. The van der Waals surface area contributed by atoms with Crippen LogP contribution in [0.5, 0.6) is 23.0 Å². The molecule has 26 heavy (non-hydrogen) atoms. The van der Waals surface area contributed by atoms with Gasteiger partial charge < -0.3 is 24.5 Å². The van der Waals surface area contributed by atoms with E-state index in [1.165, 1.54) is 18.2 Å². The lowest BCUT2D eigenvalue weighted by Gasteiger charge is -2.11. The molecule has 0 spiro atoms. The van der Waals surface area contributed by atoms with E-state index < -0.39 is 5.43 Å². The summed E-state index contributed by atoms with van der Waals surface area (Å²) >= 11 is 0. The molecule has 6 nitrogen and oxygen atoms in total. The molecule has 6 heteroatoms. The molecule has 0 bridgehead atoms. The first-order chi connectivity index (χ1) is 12.3. The number of rotatable bonds is 5. The second kappa shape index (κ2) is 7.00. The van der Waals surface area contributed by atoms with Gasteiger partial charge in [-0.25, -0.2) is 0 Å². The second-order valence-electron chi connectivity index (χ2n) is 6.53. The number of ether oxygens (including phenoxy) is 1. The van der Waals surface area contributed by atoms with E-state index in [1.807, 2.05) is 0 Å². The van der Waals surface area contributed by atoms with Crippen molar-refractivity contribution in [2.75, 3.05) is 6.61 Å². The Hall–Kier alpha value is -3.15. The van der Waals surface area contributed by atoms with Crippen molar-refractivity contribution in [1.29, 1.82) is 0 Å². The van der Waals surface area contributed by atoms with Gasteiger partial charge in [-0.2, -0.15) is 0 Å². The molecule has 1 aromatic heterocycles. The Labute approximate surface area is 149 Å². The number of fused-ring (bicyclic) bond motifs is 1. The number of hydrogen-bond acceptors (Lipinski definition) is 6. The van der Waals surface area contributed by atoms with Crippen molar-refractivity contribution in [2.24, 2.45) is 5.92 Å². The molecular weight excluding hydrogens is 336 g/mol. The van der Waals surface area contributed by atoms with Crippen LogP contribution in [0.3, 0.4) is 0 Å². The smallest absolute Gasteiger partial charge is 0.197 e. The van der Waals surface area contributed by atoms with Crippen LogP contribution in [0.15, 0.2) is 45.6 Å². The molecule has 2 aromatic carbocycles. The third-order valence-electron chi connectivity index (χ3n) is 3.99. The summed E-state index contributed by atoms with van der Waals surface area (Å²) in [5.41, 5.74) is 0.165. The number of phenolic OH excluding ortho intramolecular Hbond substituents is 3. The molecule has 3 N–H and O–H groups in total. The van der Waals surface area contributed by atoms with Crippen molar-refractivity contribution in [3.05, 3.63) is 46.6 Å². The number of hydrogen-bond donors (Lipinski definition) is 3. The van der Waals surface area contributed by atoms with Crippen LogP contribution >= 0.6 is 0 Å². The lowest BCUT2D eigenvalue weighted by molar-refractivity contribution is 0.276.